The Morgan fingerprint density at radius 2 is 2.07 bits per heavy atom. The second-order valence-electron chi connectivity index (χ2n) is 3.61. The Bertz CT molecular complexity index is 297. The fraction of sp³-hybridized carbons (Fsp3) is 0.455. The van der Waals surface area contributed by atoms with E-state index in [0.29, 0.717) is 6.42 Å². The third kappa shape index (κ3) is 2.74. The monoisotopic (exact) mass is 212 g/mol. The molecule has 0 amide bonds. The number of aliphatic hydroxyl groups is 2. The van der Waals surface area contributed by atoms with Gasteiger partial charge in [-0.2, -0.15) is 12.6 Å². The summed E-state index contributed by atoms with van der Waals surface area (Å²) in [5.41, 5.74) is 1.90. The van der Waals surface area contributed by atoms with E-state index in [0.717, 1.165) is 11.1 Å². The first-order chi connectivity index (χ1) is 6.60. The molecule has 0 saturated heterocycles. The van der Waals surface area contributed by atoms with Gasteiger partial charge in [-0.3, -0.25) is 0 Å². The Hall–Kier alpha value is -0.510. The SMILES string of the molecule is CC(S)(CCO)c1cccc(CO)c1. The van der Waals surface area contributed by atoms with Crippen molar-refractivity contribution in [3.8, 4) is 0 Å². The number of aliphatic hydroxyl groups excluding tert-OH is 2. The van der Waals surface area contributed by atoms with Gasteiger partial charge in [-0.15, -0.1) is 0 Å². The zero-order chi connectivity index (χ0) is 10.6. The minimum absolute atomic E-state index is 0.0385. The fourth-order valence-corrected chi connectivity index (χ4v) is 1.61. The van der Waals surface area contributed by atoms with Crippen molar-refractivity contribution < 1.29 is 10.2 Å². The maximum atomic E-state index is 8.98. The Morgan fingerprint density at radius 3 is 2.64 bits per heavy atom. The summed E-state index contributed by atoms with van der Waals surface area (Å²) in [5.74, 6) is 0. The highest BCUT2D eigenvalue weighted by Gasteiger charge is 2.20. The van der Waals surface area contributed by atoms with Gasteiger partial charge >= 0.3 is 0 Å². The van der Waals surface area contributed by atoms with Crippen LogP contribution in [0.15, 0.2) is 24.3 Å². The van der Waals surface area contributed by atoms with Crippen molar-refractivity contribution in [2.45, 2.75) is 24.7 Å². The molecule has 1 rings (SSSR count). The van der Waals surface area contributed by atoms with Crippen molar-refractivity contribution in [1.29, 1.82) is 0 Å². The first-order valence-corrected chi connectivity index (χ1v) is 5.08. The smallest absolute Gasteiger partial charge is 0.0681 e. The largest absolute Gasteiger partial charge is 0.396 e. The van der Waals surface area contributed by atoms with Crippen LogP contribution in [0.3, 0.4) is 0 Å². The molecule has 2 nitrogen and oxygen atoms in total. The van der Waals surface area contributed by atoms with Gasteiger partial charge in [-0.1, -0.05) is 24.3 Å². The third-order valence-corrected chi connectivity index (χ3v) is 2.81. The summed E-state index contributed by atoms with van der Waals surface area (Å²) in [4.78, 5) is 0. The lowest BCUT2D eigenvalue weighted by molar-refractivity contribution is 0.272. The third-order valence-electron chi connectivity index (χ3n) is 2.33. The van der Waals surface area contributed by atoms with E-state index < -0.39 is 0 Å². The number of rotatable bonds is 4. The molecule has 0 bridgehead atoms. The van der Waals surface area contributed by atoms with Gasteiger partial charge < -0.3 is 10.2 Å². The fourth-order valence-electron chi connectivity index (χ4n) is 1.37. The van der Waals surface area contributed by atoms with Gasteiger partial charge in [-0.25, -0.2) is 0 Å². The maximum Gasteiger partial charge on any atom is 0.0681 e. The minimum atomic E-state index is -0.333. The number of hydrogen-bond donors (Lipinski definition) is 3. The zero-order valence-electron chi connectivity index (χ0n) is 8.27. The molecule has 2 N–H and O–H groups in total. The van der Waals surface area contributed by atoms with E-state index in [1.54, 1.807) is 0 Å². The van der Waals surface area contributed by atoms with E-state index in [2.05, 4.69) is 12.6 Å². The van der Waals surface area contributed by atoms with E-state index in [-0.39, 0.29) is 18.0 Å². The second-order valence-corrected chi connectivity index (χ2v) is 4.59. The van der Waals surface area contributed by atoms with E-state index >= 15 is 0 Å². The van der Waals surface area contributed by atoms with Crippen LogP contribution in [0, 0.1) is 0 Å². The second kappa shape index (κ2) is 4.82. The molecule has 0 saturated carbocycles. The van der Waals surface area contributed by atoms with Crippen LogP contribution >= 0.6 is 12.6 Å². The molecule has 14 heavy (non-hydrogen) atoms. The average molecular weight is 212 g/mol. The van der Waals surface area contributed by atoms with Crippen molar-refractivity contribution in [1.82, 2.24) is 0 Å². The van der Waals surface area contributed by atoms with Crippen molar-refractivity contribution >= 4 is 12.6 Å². The van der Waals surface area contributed by atoms with Crippen molar-refractivity contribution in [2.75, 3.05) is 6.61 Å². The highest BCUT2D eigenvalue weighted by atomic mass is 32.1. The lowest BCUT2D eigenvalue weighted by atomic mass is 9.95. The summed E-state index contributed by atoms with van der Waals surface area (Å²) in [6.45, 7) is 2.11. The van der Waals surface area contributed by atoms with Crippen LogP contribution in [-0.4, -0.2) is 16.8 Å². The molecule has 0 radical (unpaired) electrons. The van der Waals surface area contributed by atoms with Gasteiger partial charge in [0.05, 0.1) is 6.61 Å². The van der Waals surface area contributed by atoms with Gasteiger partial charge in [0.15, 0.2) is 0 Å². The first-order valence-electron chi connectivity index (χ1n) is 4.63. The Balaban J connectivity index is 2.93. The summed E-state index contributed by atoms with van der Waals surface area (Å²) in [5, 5.41) is 17.9. The lowest BCUT2D eigenvalue weighted by Gasteiger charge is -2.23. The summed E-state index contributed by atoms with van der Waals surface area (Å²) in [6, 6.07) is 7.64. The van der Waals surface area contributed by atoms with Crippen LogP contribution in [0.1, 0.15) is 24.5 Å². The molecule has 0 aliphatic rings. The summed E-state index contributed by atoms with van der Waals surface area (Å²) in [6.07, 6.45) is 0.602. The molecule has 0 aliphatic heterocycles. The highest BCUT2D eigenvalue weighted by molar-refractivity contribution is 7.81. The topological polar surface area (TPSA) is 40.5 Å². The molecule has 0 fully saturated rings. The van der Waals surface area contributed by atoms with Crippen LogP contribution in [0.4, 0.5) is 0 Å². The first kappa shape index (κ1) is 11.6. The average Bonchev–Trinajstić information content (AvgIpc) is 2.18. The molecule has 0 spiro atoms. The molecule has 1 atom stereocenters. The van der Waals surface area contributed by atoms with Crippen LogP contribution in [0.2, 0.25) is 0 Å². The van der Waals surface area contributed by atoms with Crippen molar-refractivity contribution in [3.05, 3.63) is 35.4 Å². The molecule has 1 aromatic carbocycles. The van der Waals surface area contributed by atoms with Gasteiger partial charge in [-0.05, 0) is 24.5 Å². The number of hydrogen-bond acceptors (Lipinski definition) is 3. The quantitative estimate of drug-likeness (QED) is 0.665. The van der Waals surface area contributed by atoms with Gasteiger partial charge in [0.25, 0.3) is 0 Å². The molecule has 0 heterocycles. The van der Waals surface area contributed by atoms with Crippen molar-refractivity contribution in [3.63, 3.8) is 0 Å². The molecular weight excluding hydrogens is 196 g/mol. The molecule has 1 unspecified atom stereocenters. The Labute approximate surface area is 90.0 Å². The van der Waals surface area contributed by atoms with Crippen LogP contribution in [0.5, 0.6) is 0 Å². The molecule has 0 aromatic heterocycles. The molecular formula is C11H16O2S. The zero-order valence-corrected chi connectivity index (χ0v) is 9.17. The van der Waals surface area contributed by atoms with Gasteiger partial charge in [0, 0.05) is 11.4 Å². The highest BCUT2D eigenvalue weighted by Crippen LogP contribution is 2.31. The normalized spacial score (nSPS) is 15.1. The van der Waals surface area contributed by atoms with E-state index in [9.17, 15) is 0 Å². The summed E-state index contributed by atoms with van der Waals surface area (Å²) in [7, 11) is 0. The van der Waals surface area contributed by atoms with Gasteiger partial charge in [0.1, 0.15) is 0 Å². The minimum Gasteiger partial charge on any atom is -0.396 e. The molecule has 1 aromatic rings. The van der Waals surface area contributed by atoms with Crippen molar-refractivity contribution in [2.24, 2.45) is 0 Å². The summed E-state index contributed by atoms with van der Waals surface area (Å²) < 4.78 is -0.333. The van der Waals surface area contributed by atoms with E-state index in [4.69, 9.17) is 10.2 Å². The van der Waals surface area contributed by atoms with E-state index in [1.165, 1.54) is 0 Å². The molecule has 0 aliphatic carbocycles. The Morgan fingerprint density at radius 1 is 1.36 bits per heavy atom. The molecule has 78 valence electrons. The standard InChI is InChI=1S/C11H16O2S/c1-11(14,5-6-12)10-4-2-3-9(7-10)8-13/h2-4,7,12-14H,5-6,8H2,1H3. The van der Waals surface area contributed by atoms with Crippen LogP contribution in [-0.2, 0) is 11.4 Å². The predicted molar refractivity (Wildman–Crippen MR) is 60.4 cm³/mol. The Kier molecular flexibility index (Phi) is 3.98. The van der Waals surface area contributed by atoms with Gasteiger partial charge in [0.2, 0.25) is 0 Å². The summed E-state index contributed by atoms with van der Waals surface area (Å²) >= 11 is 4.50. The number of thiol groups is 1. The maximum absolute atomic E-state index is 8.98. The van der Waals surface area contributed by atoms with E-state index in [1.807, 2.05) is 31.2 Å². The number of benzene rings is 1. The van der Waals surface area contributed by atoms with Crippen LogP contribution < -0.4 is 0 Å². The van der Waals surface area contributed by atoms with Crippen LogP contribution in [0.25, 0.3) is 0 Å². The molecule has 3 heteroatoms. The predicted octanol–water partition coefficient (Wildman–Crippen LogP) is 1.71. The lowest BCUT2D eigenvalue weighted by Crippen LogP contribution is -2.16.